The summed E-state index contributed by atoms with van der Waals surface area (Å²) in [6.45, 7) is 5.54. The minimum Gasteiger partial charge on any atom is -0.355 e. The van der Waals surface area contributed by atoms with Gasteiger partial charge in [0.15, 0.2) is 5.96 Å². The maximum absolute atomic E-state index is 13.5. The third-order valence-corrected chi connectivity index (χ3v) is 4.11. The molecule has 114 valence electrons. The lowest BCUT2D eigenvalue weighted by Gasteiger charge is -2.23. The molecule has 0 bridgehead atoms. The van der Waals surface area contributed by atoms with Gasteiger partial charge < -0.3 is 10.6 Å². The predicted octanol–water partition coefficient (Wildman–Crippen LogP) is 3.25. The third-order valence-electron chi connectivity index (χ3n) is 2.86. The van der Waals surface area contributed by atoms with E-state index < -0.39 is 0 Å². The monoisotopic (exact) mass is 411 g/mol. The third kappa shape index (κ3) is 6.78. The zero-order chi connectivity index (χ0) is 14.3. The number of halogens is 2. The van der Waals surface area contributed by atoms with E-state index >= 15 is 0 Å². The van der Waals surface area contributed by atoms with Gasteiger partial charge in [0.1, 0.15) is 5.82 Å². The van der Waals surface area contributed by atoms with Crippen molar-refractivity contribution >= 4 is 41.7 Å². The highest BCUT2D eigenvalue weighted by Crippen LogP contribution is 2.19. The van der Waals surface area contributed by atoms with Crippen LogP contribution < -0.4 is 10.6 Å². The molecule has 0 heterocycles. The Bertz CT molecular complexity index is 438. The van der Waals surface area contributed by atoms with Crippen LogP contribution in [0.2, 0.25) is 0 Å². The van der Waals surface area contributed by atoms with Crippen LogP contribution in [0.3, 0.4) is 0 Å². The van der Waals surface area contributed by atoms with Crippen molar-refractivity contribution in [2.24, 2.45) is 4.99 Å². The van der Waals surface area contributed by atoms with Gasteiger partial charge in [-0.1, -0.05) is 18.2 Å². The van der Waals surface area contributed by atoms with Crippen LogP contribution in [0.5, 0.6) is 0 Å². The minimum absolute atomic E-state index is 0. The van der Waals surface area contributed by atoms with Crippen molar-refractivity contribution < 1.29 is 4.39 Å². The lowest BCUT2D eigenvalue weighted by Crippen LogP contribution is -2.43. The molecular formula is C14H23FIN3S. The quantitative estimate of drug-likeness (QED) is 0.444. The Hall–Kier alpha value is -0.500. The summed E-state index contributed by atoms with van der Waals surface area (Å²) in [5.74, 6) is 0.486. The first-order valence-electron chi connectivity index (χ1n) is 6.21. The van der Waals surface area contributed by atoms with Crippen molar-refractivity contribution in [2.75, 3.05) is 19.8 Å². The molecule has 0 saturated carbocycles. The Kier molecular flexibility index (Phi) is 9.20. The molecule has 0 unspecified atom stereocenters. The largest absolute Gasteiger partial charge is 0.355 e. The molecule has 1 aromatic carbocycles. The van der Waals surface area contributed by atoms with Crippen LogP contribution in [0, 0.1) is 5.82 Å². The van der Waals surface area contributed by atoms with Gasteiger partial charge >= 0.3 is 0 Å². The molecule has 1 aromatic rings. The van der Waals surface area contributed by atoms with E-state index in [1.807, 2.05) is 6.07 Å². The van der Waals surface area contributed by atoms with E-state index in [0.29, 0.717) is 18.1 Å². The lowest BCUT2D eigenvalue weighted by molar-refractivity contribution is 0.603. The fraction of sp³-hybridized carbons (Fsp3) is 0.500. The van der Waals surface area contributed by atoms with Crippen molar-refractivity contribution in [3.63, 3.8) is 0 Å². The molecule has 0 atom stereocenters. The normalized spacial score (nSPS) is 11.8. The standard InChI is InChI=1S/C14H22FN3S.HI/c1-14(2,19-4)10-18-13(16-3)17-9-11-7-5-6-8-12(11)15;/h5-8H,9-10H2,1-4H3,(H2,16,17,18);1H. The van der Waals surface area contributed by atoms with E-state index in [-0.39, 0.29) is 34.5 Å². The summed E-state index contributed by atoms with van der Waals surface area (Å²) in [6.07, 6.45) is 2.08. The van der Waals surface area contributed by atoms with Crippen molar-refractivity contribution in [2.45, 2.75) is 25.1 Å². The summed E-state index contributed by atoms with van der Waals surface area (Å²) < 4.78 is 13.6. The van der Waals surface area contributed by atoms with Crippen molar-refractivity contribution in [1.82, 2.24) is 10.6 Å². The molecule has 0 spiro atoms. The smallest absolute Gasteiger partial charge is 0.191 e. The van der Waals surface area contributed by atoms with Gasteiger partial charge in [0.05, 0.1) is 0 Å². The molecule has 0 aromatic heterocycles. The number of nitrogens with one attached hydrogen (secondary N) is 2. The van der Waals surface area contributed by atoms with E-state index in [1.165, 1.54) is 6.07 Å². The summed E-state index contributed by atoms with van der Waals surface area (Å²) in [7, 11) is 1.71. The maximum Gasteiger partial charge on any atom is 0.191 e. The highest BCUT2D eigenvalue weighted by Gasteiger charge is 2.16. The van der Waals surface area contributed by atoms with Crippen molar-refractivity contribution in [3.05, 3.63) is 35.6 Å². The molecule has 3 nitrogen and oxygen atoms in total. The van der Waals surface area contributed by atoms with E-state index in [1.54, 1.807) is 30.9 Å². The van der Waals surface area contributed by atoms with Gasteiger partial charge in [-0.05, 0) is 26.2 Å². The van der Waals surface area contributed by atoms with Gasteiger partial charge in [-0.15, -0.1) is 24.0 Å². The molecule has 0 saturated heterocycles. The van der Waals surface area contributed by atoms with Crippen LogP contribution in [0.25, 0.3) is 0 Å². The second-order valence-electron chi connectivity index (χ2n) is 4.83. The van der Waals surface area contributed by atoms with Gasteiger partial charge in [-0.25, -0.2) is 4.39 Å². The first-order valence-corrected chi connectivity index (χ1v) is 7.44. The molecule has 0 aliphatic rings. The number of guanidine groups is 1. The van der Waals surface area contributed by atoms with Gasteiger partial charge in [0, 0.05) is 30.4 Å². The van der Waals surface area contributed by atoms with Crippen LogP contribution in [0.15, 0.2) is 29.3 Å². The molecule has 20 heavy (non-hydrogen) atoms. The Labute approximate surface area is 142 Å². The Morgan fingerprint density at radius 2 is 1.95 bits per heavy atom. The summed E-state index contributed by atoms with van der Waals surface area (Å²) in [6, 6.07) is 6.74. The first kappa shape index (κ1) is 19.5. The Morgan fingerprint density at radius 1 is 1.30 bits per heavy atom. The highest BCUT2D eigenvalue weighted by molar-refractivity contribution is 14.0. The molecule has 0 radical (unpaired) electrons. The Balaban J connectivity index is 0.00000361. The molecular weight excluding hydrogens is 388 g/mol. The molecule has 0 aliphatic carbocycles. The van der Waals surface area contributed by atoms with Crippen LogP contribution in [0.1, 0.15) is 19.4 Å². The van der Waals surface area contributed by atoms with Crippen molar-refractivity contribution in [3.8, 4) is 0 Å². The fourth-order valence-electron chi connectivity index (χ4n) is 1.41. The van der Waals surface area contributed by atoms with E-state index in [2.05, 4.69) is 35.7 Å². The number of benzene rings is 1. The Morgan fingerprint density at radius 3 is 2.50 bits per heavy atom. The molecule has 0 aliphatic heterocycles. The van der Waals surface area contributed by atoms with Crippen molar-refractivity contribution in [1.29, 1.82) is 0 Å². The van der Waals surface area contributed by atoms with Crippen LogP contribution in [-0.4, -0.2) is 30.6 Å². The molecule has 2 N–H and O–H groups in total. The number of aliphatic imine (C=N–C) groups is 1. The number of hydrogen-bond donors (Lipinski definition) is 2. The summed E-state index contributed by atoms with van der Waals surface area (Å²) in [5, 5.41) is 6.36. The summed E-state index contributed by atoms with van der Waals surface area (Å²) in [4.78, 5) is 4.13. The van der Waals surface area contributed by atoms with Gasteiger partial charge in [0.2, 0.25) is 0 Å². The minimum atomic E-state index is -0.199. The maximum atomic E-state index is 13.5. The number of hydrogen-bond acceptors (Lipinski definition) is 2. The molecule has 6 heteroatoms. The van der Waals surface area contributed by atoms with E-state index in [0.717, 1.165) is 6.54 Å². The zero-order valence-corrected chi connectivity index (χ0v) is 15.5. The van der Waals surface area contributed by atoms with E-state index in [4.69, 9.17) is 0 Å². The lowest BCUT2D eigenvalue weighted by atomic mass is 10.2. The van der Waals surface area contributed by atoms with Gasteiger partial charge in [-0.3, -0.25) is 4.99 Å². The van der Waals surface area contributed by atoms with E-state index in [9.17, 15) is 4.39 Å². The van der Waals surface area contributed by atoms with Crippen LogP contribution in [-0.2, 0) is 6.54 Å². The zero-order valence-electron chi connectivity index (χ0n) is 12.4. The summed E-state index contributed by atoms with van der Waals surface area (Å²) in [5.41, 5.74) is 0.634. The molecule has 0 amide bonds. The van der Waals surface area contributed by atoms with Crippen LogP contribution in [0.4, 0.5) is 4.39 Å². The number of nitrogens with zero attached hydrogens (tertiary/aromatic N) is 1. The average Bonchev–Trinajstić information content (AvgIpc) is 2.41. The summed E-state index contributed by atoms with van der Waals surface area (Å²) >= 11 is 1.79. The average molecular weight is 411 g/mol. The second-order valence-corrected chi connectivity index (χ2v) is 6.35. The predicted molar refractivity (Wildman–Crippen MR) is 97.6 cm³/mol. The fourth-order valence-corrected chi connectivity index (χ4v) is 1.63. The second kappa shape index (κ2) is 9.44. The topological polar surface area (TPSA) is 36.4 Å². The van der Waals surface area contributed by atoms with Crippen LogP contribution >= 0.6 is 35.7 Å². The number of thioether (sulfide) groups is 1. The first-order chi connectivity index (χ1) is 8.98. The number of rotatable bonds is 5. The van der Waals surface area contributed by atoms with Gasteiger partial charge in [0.25, 0.3) is 0 Å². The molecule has 1 rings (SSSR count). The molecule has 0 fully saturated rings. The highest BCUT2D eigenvalue weighted by atomic mass is 127. The SMILES string of the molecule is CN=C(NCc1ccccc1F)NCC(C)(C)SC.I. The van der Waals surface area contributed by atoms with Gasteiger partial charge in [-0.2, -0.15) is 11.8 Å².